The molecule has 0 rings (SSSR count). The Morgan fingerprint density at radius 3 is 1.02 bits per heavy atom. The molecule has 6 heteroatoms. The van der Waals surface area contributed by atoms with Crippen LogP contribution >= 0.6 is 0 Å². The van der Waals surface area contributed by atoms with Crippen molar-refractivity contribution in [2.75, 3.05) is 13.2 Å². The van der Waals surface area contributed by atoms with Crippen molar-refractivity contribution in [3.8, 4) is 0 Å². The van der Waals surface area contributed by atoms with Crippen LogP contribution in [0.1, 0.15) is 271 Å². The van der Waals surface area contributed by atoms with Gasteiger partial charge >= 0.3 is 17.9 Å². The van der Waals surface area contributed by atoms with Gasteiger partial charge in [-0.2, -0.15) is 0 Å². The minimum absolute atomic E-state index is 0.0833. The lowest BCUT2D eigenvalue weighted by Gasteiger charge is -2.18. The smallest absolute Gasteiger partial charge is 0.306 e. The van der Waals surface area contributed by atoms with Crippen molar-refractivity contribution in [2.24, 2.45) is 0 Å². The fourth-order valence-electron chi connectivity index (χ4n) is 7.52. The van der Waals surface area contributed by atoms with Crippen molar-refractivity contribution in [3.63, 3.8) is 0 Å². The summed E-state index contributed by atoms with van der Waals surface area (Å²) >= 11 is 0. The molecule has 0 N–H and O–H groups in total. The minimum atomic E-state index is -0.786. The average Bonchev–Trinajstić information content (AvgIpc) is 3.24. The molecule has 0 fully saturated rings. The predicted molar refractivity (Wildman–Crippen MR) is 256 cm³/mol. The van der Waals surface area contributed by atoms with Crippen LogP contribution in [0.3, 0.4) is 0 Å². The maximum Gasteiger partial charge on any atom is 0.306 e. The first-order valence-corrected chi connectivity index (χ1v) is 26.0. The molecule has 6 nitrogen and oxygen atoms in total. The molecule has 0 aliphatic carbocycles. The topological polar surface area (TPSA) is 78.9 Å². The van der Waals surface area contributed by atoms with E-state index in [1.165, 1.54) is 154 Å². The number of carbonyl (C=O) groups is 3. The Balaban J connectivity index is 4.32. The summed E-state index contributed by atoms with van der Waals surface area (Å²) < 4.78 is 16.8. The molecule has 0 saturated heterocycles. The normalized spacial score (nSPS) is 12.2. The molecule has 1 unspecified atom stereocenters. The molecule has 350 valence electrons. The third-order valence-electron chi connectivity index (χ3n) is 11.4. The van der Waals surface area contributed by atoms with E-state index in [4.69, 9.17) is 14.2 Å². The van der Waals surface area contributed by atoms with Crippen molar-refractivity contribution in [1.29, 1.82) is 0 Å². The van der Waals surface area contributed by atoms with Gasteiger partial charge in [0.05, 0.1) is 0 Å². The van der Waals surface area contributed by atoms with Crippen molar-refractivity contribution in [2.45, 2.75) is 277 Å². The fourth-order valence-corrected chi connectivity index (χ4v) is 7.52. The second-order valence-electron chi connectivity index (χ2n) is 17.4. The zero-order chi connectivity index (χ0) is 43.7. The first-order chi connectivity index (χ1) is 29.5. The molecule has 0 aromatic carbocycles. The van der Waals surface area contributed by atoms with Gasteiger partial charge in [0, 0.05) is 19.3 Å². The monoisotopic (exact) mass is 843 g/mol. The average molecular weight is 843 g/mol. The summed E-state index contributed by atoms with van der Waals surface area (Å²) in [5.74, 6) is -0.912. The number of hydrogen-bond donors (Lipinski definition) is 0. The van der Waals surface area contributed by atoms with Crippen LogP contribution in [0.2, 0.25) is 0 Å². The molecular weight excluding hydrogens is 745 g/mol. The lowest BCUT2D eigenvalue weighted by atomic mass is 10.0. The molecule has 0 heterocycles. The Bertz CT molecular complexity index is 1020. The SMILES string of the molecule is CC/C=C\C/C=C\C/C=C\CCCCC(=O)OC(COC(=O)CCCCCCCCCCCCCC)COC(=O)CCCCCCCCCCCCCCCCCCCC. The molecule has 0 aromatic heterocycles. The molecular formula is C54H98O6. The number of rotatable bonds is 47. The first-order valence-electron chi connectivity index (χ1n) is 26.0. The molecule has 0 spiro atoms. The van der Waals surface area contributed by atoms with Gasteiger partial charge in [0.25, 0.3) is 0 Å². The molecule has 0 amide bonds. The van der Waals surface area contributed by atoms with E-state index in [-0.39, 0.29) is 37.5 Å². The van der Waals surface area contributed by atoms with Gasteiger partial charge in [0.2, 0.25) is 0 Å². The Hall–Kier alpha value is -2.37. The molecule has 0 saturated carbocycles. The van der Waals surface area contributed by atoms with Crippen molar-refractivity contribution >= 4 is 17.9 Å². The molecule has 0 aliphatic rings. The zero-order valence-corrected chi connectivity index (χ0v) is 40.0. The Morgan fingerprint density at radius 1 is 0.350 bits per heavy atom. The second-order valence-corrected chi connectivity index (χ2v) is 17.4. The van der Waals surface area contributed by atoms with Gasteiger partial charge in [-0.05, 0) is 51.4 Å². The van der Waals surface area contributed by atoms with E-state index in [0.29, 0.717) is 19.3 Å². The summed E-state index contributed by atoms with van der Waals surface area (Å²) in [5.41, 5.74) is 0. The number of allylic oxidation sites excluding steroid dienone is 6. The van der Waals surface area contributed by atoms with Gasteiger partial charge < -0.3 is 14.2 Å². The van der Waals surface area contributed by atoms with Crippen molar-refractivity contribution < 1.29 is 28.6 Å². The molecule has 0 bridgehead atoms. The maximum atomic E-state index is 12.7. The maximum absolute atomic E-state index is 12.7. The lowest BCUT2D eigenvalue weighted by Crippen LogP contribution is -2.30. The van der Waals surface area contributed by atoms with Gasteiger partial charge in [-0.15, -0.1) is 0 Å². The fraction of sp³-hybridized carbons (Fsp3) is 0.833. The van der Waals surface area contributed by atoms with Gasteiger partial charge in [0.1, 0.15) is 13.2 Å². The molecule has 0 aromatic rings. The number of hydrogen-bond acceptors (Lipinski definition) is 6. The van der Waals surface area contributed by atoms with Crippen LogP contribution in [-0.2, 0) is 28.6 Å². The van der Waals surface area contributed by atoms with Crippen molar-refractivity contribution in [3.05, 3.63) is 36.5 Å². The highest BCUT2D eigenvalue weighted by atomic mass is 16.6. The van der Waals surface area contributed by atoms with Crippen LogP contribution in [-0.4, -0.2) is 37.2 Å². The highest BCUT2D eigenvalue weighted by molar-refractivity contribution is 5.71. The highest BCUT2D eigenvalue weighted by Crippen LogP contribution is 2.16. The van der Waals surface area contributed by atoms with Crippen LogP contribution in [0.5, 0.6) is 0 Å². The predicted octanol–water partition coefficient (Wildman–Crippen LogP) is 16.9. The number of carbonyl (C=O) groups excluding carboxylic acids is 3. The minimum Gasteiger partial charge on any atom is -0.462 e. The zero-order valence-electron chi connectivity index (χ0n) is 40.0. The number of ether oxygens (including phenoxy) is 3. The Labute approximate surface area is 372 Å². The van der Waals surface area contributed by atoms with Crippen LogP contribution in [0.25, 0.3) is 0 Å². The summed E-state index contributed by atoms with van der Waals surface area (Å²) in [4.78, 5) is 37.9. The van der Waals surface area contributed by atoms with Gasteiger partial charge in [-0.25, -0.2) is 0 Å². The molecule has 60 heavy (non-hydrogen) atoms. The standard InChI is InChI=1S/C54H98O6/c1-4-7-10-13-16-19-22-25-26-27-28-29-30-33-35-38-41-44-47-53(56)59-50-51(60-54(57)48-45-42-39-36-32-24-21-18-15-12-9-6-3)49-58-52(55)46-43-40-37-34-31-23-20-17-14-11-8-5-2/h9,12,18,21,32,36,51H,4-8,10-11,13-17,19-20,22-31,33-35,37-50H2,1-3H3/b12-9-,21-18-,36-32-. The number of esters is 3. The van der Waals surface area contributed by atoms with Gasteiger partial charge in [0.15, 0.2) is 6.10 Å². The number of unbranched alkanes of at least 4 members (excludes halogenated alkanes) is 30. The van der Waals surface area contributed by atoms with Crippen LogP contribution in [0, 0.1) is 0 Å². The van der Waals surface area contributed by atoms with E-state index in [1.54, 1.807) is 0 Å². The van der Waals surface area contributed by atoms with Crippen LogP contribution < -0.4 is 0 Å². The van der Waals surface area contributed by atoms with Crippen LogP contribution in [0.4, 0.5) is 0 Å². The van der Waals surface area contributed by atoms with Gasteiger partial charge in [-0.1, -0.05) is 237 Å². The summed E-state index contributed by atoms with van der Waals surface area (Å²) in [6.45, 7) is 6.51. The van der Waals surface area contributed by atoms with E-state index in [9.17, 15) is 14.4 Å². The Kier molecular flexibility index (Phi) is 47.3. The molecule has 0 aliphatic heterocycles. The summed E-state index contributed by atoms with van der Waals surface area (Å²) in [6, 6.07) is 0. The van der Waals surface area contributed by atoms with Crippen LogP contribution in [0.15, 0.2) is 36.5 Å². The lowest BCUT2D eigenvalue weighted by molar-refractivity contribution is -0.167. The van der Waals surface area contributed by atoms with E-state index in [1.807, 2.05) is 0 Å². The van der Waals surface area contributed by atoms with E-state index in [2.05, 4.69) is 57.2 Å². The third-order valence-corrected chi connectivity index (χ3v) is 11.4. The van der Waals surface area contributed by atoms with E-state index in [0.717, 1.165) is 70.6 Å². The van der Waals surface area contributed by atoms with E-state index >= 15 is 0 Å². The molecule has 0 radical (unpaired) electrons. The summed E-state index contributed by atoms with van der Waals surface area (Å²) in [7, 11) is 0. The van der Waals surface area contributed by atoms with Crippen molar-refractivity contribution in [1.82, 2.24) is 0 Å². The largest absolute Gasteiger partial charge is 0.462 e. The Morgan fingerprint density at radius 2 is 0.650 bits per heavy atom. The van der Waals surface area contributed by atoms with Gasteiger partial charge in [-0.3, -0.25) is 14.4 Å². The summed E-state index contributed by atoms with van der Waals surface area (Å²) in [5, 5.41) is 0. The van der Waals surface area contributed by atoms with E-state index < -0.39 is 6.10 Å². The molecule has 1 atom stereocenters. The second kappa shape index (κ2) is 49.3. The highest BCUT2D eigenvalue weighted by Gasteiger charge is 2.19. The first kappa shape index (κ1) is 57.6. The quantitative estimate of drug-likeness (QED) is 0.0263. The summed E-state index contributed by atoms with van der Waals surface area (Å²) in [6.07, 6.45) is 57.1. The third kappa shape index (κ3) is 46.7.